The molecule has 192 valence electrons. The van der Waals surface area contributed by atoms with Gasteiger partial charge in [-0.3, -0.25) is 4.79 Å². The van der Waals surface area contributed by atoms with Crippen molar-refractivity contribution in [1.29, 1.82) is 0 Å². The maximum atomic E-state index is 13.2. The number of carbonyl (C=O) groups excluding carboxylic acids is 1. The van der Waals surface area contributed by atoms with Crippen LogP contribution in [0.15, 0.2) is 48.5 Å². The molecular formula is C29H29F3N4O. The third kappa shape index (κ3) is 4.84. The Morgan fingerprint density at radius 2 is 1.84 bits per heavy atom. The summed E-state index contributed by atoms with van der Waals surface area (Å²) >= 11 is 0. The molecule has 2 aromatic carbocycles. The molecule has 1 aliphatic rings. The van der Waals surface area contributed by atoms with E-state index in [4.69, 9.17) is 0 Å². The summed E-state index contributed by atoms with van der Waals surface area (Å²) in [7, 11) is 0. The molecule has 0 saturated heterocycles. The van der Waals surface area contributed by atoms with Gasteiger partial charge in [-0.1, -0.05) is 42.3 Å². The average molecular weight is 507 g/mol. The summed E-state index contributed by atoms with van der Waals surface area (Å²) in [5, 5.41) is 3.54. The molecule has 0 radical (unpaired) electrons. The molecule has 1 saturated carbocycles. The number of anilines is 1. The summed E-state index contributed by atoms with van der Waals surface area (Å²) in [5.41, 5.74) is 5.27. The van der Waals surface area contributed by atoms with E-state index in [2.05, 4.69) is 32.8 Å². The molecule has 0 amide bonds. The van der Waals surface area contributed by atoms with Crippen LogP contribution in [0.25, 0.3) is 22.3 Å². The lowest BCUT2D eigenvalue weighted by Gasteiger charge is -2.32. The highest BCUT2D eigenvalue weighted by atomic mass is 19.4. The second-order valence-electron chi connectivity index (χ2n) is 9.99. The number of aromatic nitrogens is 3. The van der Waals surface area contributed by atoms with Crippen LogP contribution in [-0.2, 0) is 12.7 Å². The minimum absolute atomic E-state index is 0.0985. The molecule has 37 heavy (non-hydrogen) atoms. The van der Waals surface area contributed by atoms with Gasteiger partial charge in [-0.2, -0.15) is 13.2 Å². The van der Waals surface area contributed by atoms with Gasteiger partial charge >= 0.3 is 6.18 Å². The molecule has 0 aliphatic heterocycles. The van der Waals surface area contributed by atoms with Gasteiger partial charge in [-0.05, 0) is 68.9 Å². The van der Waals surface area contributed by atoms with E-state index in [9.17, 15) is 18.0 Å². The lowest BCUT2D eigenvalue weighted by atomic mass is 9.80. The van der Waals surface area contributed by atoms with Crippen LogP contribution in [0.3, 0.4) is 0 Å². The molecular weight excluding hydrogens is 477 g/mol. The smallest absolute Gasteiger partial charge is 0.365 e. The second-order valence-corrected chi connectivity index (χ2v) is 9.99. The molecule has 0 unspecified atom stereocenters. The fraction of sp³-hybridized carbons (Fsp3) is 0.345. The summed E-state index contributed by atoms with van der Waals surface area (Å²) in [4.78, 5) is 20.9. The fourth-order valence-electron chi connectivity index (χ4n) is 5.15. The van der Waals surface area contributed by atoms with Crippen molar-refractivity contribution in [3.63, 3.8) is 0 Å². The molecule has 2 heterocycles. The van der Waals surface area contributed by atoms with Gasteiger partial charge in [0.1, 0.15) is 5.52 Å². The number of hydrogen-bond donors (Lipinski definition) is 1. The normalized spacial score (nSPS) is 15.0. The van der Waals surface area contributed by atoms with E-state index in [1.807, 2.05) is 32.0 Å². The minimum Gasteiger partial charge on any atom is -0.365 e. The van der Waals surface area contributed by atoms with Gasteiger partial charge in [-0.25, -0.2) is 9.97 Å². The minimum atomic E-state index is -4.39. The molecule has 4 aromatic rings. The first-order valence-electron chi connectivity index (χ1n) is 12.5. The third-order valence-electron chi connectivity index (χ3n) is 7.39. The van der Waals surface area contributed by atoms with Crippen molar-refractivity contribution < 1.29 is 18.0 Å². The highest BCUT2D eigenvalue weighted by Gasteiger charge is 2.30. The van der Waals surface area contributed by atoms with Crippen LogP contribution in [0.1, 0.15) is 59.1 Å². The number of aryl methyl sites for hydroxylation is 2. The molecule has 2 aromatic heterocycles. The number of aldehydes is 1. The summed E-state index contributed by atoms with van der Waals surface area (Å²) < 4.78 is 41.6. The number of fused-ring (bicyclic) bond motifs is 1. The number of alkyl halides is 3. The van der Waals surface area contributed by atoms with E-state index >= 15 is 0 Å². The van der Waals surface area contributed by atoms with Crippen LogP contribution in [-0.4, -0.2) is 26.9 Å². The number of nitrogens with zero attached hydrogens (tertiary/aromatic N) is 3. The van der Waals surface area contributed by atoms with Crippen LogP contribution in [0, 0.1) is 19.8 Å². The largest absolute Gasteiger partial charge is 0.416 e. The Hall–Kier alpha value is -3.68. The quantitative estimate of drug-likeness (QED) is 0.269. The molecule has 0 spiro atoms. The maximum Gasteiger partial charge on any atom is 0.416 e. The Kier molecular flexibility index (Phi) is 6.52. The van der Waals surface area contributed by atoms with E-state index < -0.39 is 11.7 Å². The number of carbonyl (C=O) groups is 1. The lowest BCUT2D eigenvalue weighted by Crippen LogP contribution is -2.31. The lowest BCUT2D eigenvalue weighted by molar-refractivity contribution is -0.137. The monoisotopic (exact) mass is 506 g/mol. The first-order chi connectivity index (χ1) is 17.7. The van der Waals surface area contributed by atoms with Crippen LogP contribution >= 0.6 is 0 Å². The predicted molar refractivity (Wildman–Crippen MR) is 139 cm³/mol. The van der Waals surface area contributed by atoms with Crippen molar-refractivity contribution >= 4 is 23.1 Å². The zero-order valence-corrected chi connectivity index (χ0v) is 21.1. The Bertz CT molecular complexity index is 1450. The molecule has 5 rings (SSSR count). The molecule has 5 nitrogen and oxygen atoms in total. The fourth-order valence-corrected chi connectivity index (χ4v) is 5.15. The summed E-state index contributed by atoms with van der Waals surface area (Å²) in [6, 6.07) is 13.5. The predicted octanol–water partition coefficient (Wildman–Crippen LogP) is 7.20. The van der Waals surface area contributed by atoms with Crippen molar-refractivity contribution in [3.8, 4) is 11.3 Å². The van der Waals surface area contributed by atoms with Crippen molar-refractivity contribution in [2.75, 3.05) is 5.32 Å². The number of nitrogens with one attached hydrogen (secondary N) is 1. The zero-order chi connectivity index (χ0) is 26.3. The Morgan fingerprint density at radius 1 is 1.11 bits per heavy atom. The highest BCUT2D eigenvalue weighted by Crippen LogP contribution is 2.38. The van der Waals surface area contributed by atoms with Crippen molar-refractivity contribution in [2.45, 2.75) is 58.8 Å². The highest BCUT2D eigenvalue weighted by molar-refractivity contribution is 5.96. The van der Waals surface area contributed by atoms with Gasteiger partial charge in [0.2, 0.25) is 0 Å². The second kappa shape index (κ2) is 9.65. The van der Waals surface area contributed by atoms with E-state index in [-0.39, 0.29) is 11.9 Å². The summed E-state index contributed by atoms with van der Waals surface area (Å²) in [5.74, 6) is 1.20. The third-order valence-corrected chi connectivity index (χ3v) is 7.39. The summed E-state index contributed by atoms with van der Waals surface area (Å²) in [6.07, 6.45) is -0.254. The van der Waals surface area contributed by atoms with E-state index in [1.54, 1.807) is 0 Å². The van der Waals surface area contributed by atoms with Gasteiger partial charge in [0.15, 0.2) is 17.9 Å². The van der Waals surface area contributed by atoms with Gasteiger partial charge in [0.05, 0.1) is 16.8 Å². The Morgan fingerprint density at radius 3 is 2.43 bits per heavy atom. The molecule has 1 aliphatic carbocycles. The standard InChI is InChI=1S/C29H29F3N4O/c1-17-6-4-9-22(14-17)26-18(2)25-27(36(26)15-20-10-12-23(13-11-20)29(30,31)32)28(35-24(16-37)34-25)33-19(3)21-7-5-8-21/h4,6,9-14,16,19,21H,5,7-8,15H2,1-3H3,(H,33,34,35)/t19-/m1/s1. The molecule has 0 bridgehead atoms. The van der Waals surface area contributed by atoms with Gasteiger partial charge in [0, 0.05) is 18.2 Å². The first-order valence-corrected chi connectivity index (χ1v) is 12.5. The number of benzene rings is 2. The van der Waals surface area contributed by atoms with Crippen LogP contribution in [0.4, 0.5) is 19.0 Å². The van der Waals surface area contributed by atoms with Gasteiger partial charge in [0.25, 0.3) is 0 Å². The first kappa shape index (κ1) is 25.0. The van der Waals surface area contributed by atoms with Crippen molar-refractivity contribution in [3.05, 3.63) is 76.6 Å². The van der Waals surface area contributed by atoms with Crippen molar-refractivity contribution in [2.24, 2.45) is 5.92 Å². The van der Waals surface area contributed by atoms with Gasteiger partial charge in [-0.15, -0.1) is 0 Å². The van der Waals surface area contributed by atoms with Gasteiger partial charge < -0.3 is 9.88 Å². The SMILES string of the molecule is Cc1cccc(-c2c(C)c3nc(C=O)nc(N[C@H](C)C4CCC4)c3n2Cc2ccc(C(F)(F)F)cc2)c1. The molecule has 1 N–H and O–H groups in total. The number of rotatable bonds is 7. The number of halogens is 3. The van der Waals surface area contributed by atoms with E-state index in [1.165, 1.54) is 18.6 Å². The average Bonchev–Trinajstić information content (AvgIpc) is 3.09. The zero-order valence-electron chi connectivity index (χ0n) is 21.1. The Labute approximate surface area is 213 Å². The van der Waals surface area contributed by atoms with Crippen LogP contribution in [0.2, 0.25) is 0 Å². The van der Waals surface area contributed by atoms with Crippen LogP contribution in [0.5, 0.6) is 0 Å². The molecule has 1 fully saturated rings. The van der Waals surface area contributed by atoms with E-state index in [0.29, 0.717) is 30.1 Å². The van der Waals surface area contributed by atoms with Crippen LogP contribution < -0.4 is 5.32 Å². The maximum absolute atomic E-state index is 13.2. The number of hydrogen-bond acceptors (Lipinski definition) is 4. The van der Waals surface area contributed by atoms with Crippen molar-refractivity contribution in [1.82, 2.24) is 14.5 Å². The summed E-state index contributed by atoms with van der Waals surface area (Å²) in [6.45, 7) is 6.42. The molecule has 8 heteroatoms. The molecule has 1 atom stereocenters. The van der Waals surface area contributed by atoms with E-state index in [0.717, 1.165) is 58.4 Å². The topological polar surface area (TPSA) is 59.8 Å². The Balaban J connectivity index is 1.71.